The lowest BCUT2D eigenvalue weighted by Crippen LogP contribution is -2.54. The molecule has 24 heavy (non-hydrogen) atoms. The zero-order valence-electron chi connectivity index (χ0n) is 14.8. The Labute approximate surface area is 145 Å². The van der Waals surface area contributed by atoms with Crippen molar-refractivity contribution in [3.05, 3.63) is 29.6 Å². The van der Waals surface area contributed by atoms with Crippen LogP contribution in [0.25, 0.3) is 0 Å². The molecule has 0 N–H and O–H groups in total. The van der Waals surface area contributed by atoms with Crippen LogP contribution in [0.5, 0.6) is 0 Å². The molecule has 1 aromatic rings. The van der Waals surface area contributed by atoms with Gasteiger partial charge in [-0.05, 0) is 56.7 Å². The van der Waals surface area contributed by atoms with Crippen LogP contribution < -0.4 is 0 Å². The lowest BCUT2D eigenvalue weighted by atomic mass is 9.73. The lowest BCUT2D eigenvalue weighted by molar-refractivity contribution is -0.140. The van der Waals surface area contributed by atoms with Crippen molar-refractivity contribution in [3.8, 4) is 0 Å². The fraction of sp³-hybridized carbons (Fsp3) is 0.700. The summed E-state index contributed by atoms with van der Waals surface area (Å²) < 4.78 is 0. The fourth-order valence-electron chi connectivity index (χ4n) is 4.53. The summed E-state index contributed by atoms with van der Waals surface area (Å²) >= 11 is 0. The number of hydrogen-bond acceptors (Lipinski definition) is 3. The van der Waals surface area contributed by atoms with Crippen LogP contribution in [0.3, 0.4) is 0 Å². The van der Waals surface area contributed by atoms with E-state index in [2.05, 4.69) is 33.8 Å². The van der Waals surface area contributed by atoms with Crippen molar-refractivity contribution in [2.24, 2.45) is 5.41 Å². The molecular weight excluding hydrogens is 298 g/mol. The van der Waals surface area contributed by atoms with Gasteiger partial charge < -0.3 is 4.90 Å². The minimum absolute atomic E-state index is 0.331. The highest BCUT2D eigenvalue weighted by atomic mass is 16.2. The molecule has 1 aromatic heterocycles. The van der Waals surface area contributed by atoms with Gasteiger partial charge in [0, 0.05) is 43.7 Å². The highest BCUT2D eigenvalue weighted by Gasteiger charge is 2.45. The number of aryl methyl sites for hydroxylation is 1. The topological polar surface area (TPSA) is 36.4 Å². The smallest absolute Gasteiger partial charge is 0.222 e. The van der Waals surface area contributed by atoms with Crippen molar-refractivity contribution in [1.29, 1.82) is 0 Å². The molecule has 1 spiro atoms. The third-order valence-corrected chi connectivity index (χ3v) is 6.10. The van der Waals surface area contributed by atoms with E-state index in [1.807, 2.05) is 6.20 Å². The van der Waals surface area contributed by atoms with E-state index in [0.29, 0.717) is 17.4 Å². The second-order valence-electron chi connectivity index (χ2n) is 8.08. The molecule has 0 aromatic carbocycles. The number of aromatic nitrogens is 1. The van der Waals surface area contributed by atoms with Crippen LogP contribution in [-0.2, 0) is 17.8 Å². The predicted molar refractivity (Wildman–Crippen MR) is 94.5 cm³/mol. The SMILES string of the molecule is CCc1ccc(CN2CCCC3(CCC(=O)N(C4CC4)C3)C2)nc1. The van der Waals surface area contributed by atoms with E-state index >= 15 is 0 Å². The molecule has 0 radical (unpaired) electrons. The number of likely N-dealkylation sites (tertiary alicyclic amines) is 2. The summed E-state index contributed by atoms with van der Waals surface area (Å²) in [7, 11) is 0. The normalized spacial score (nSPS) is 28.5. The van der Waals surface area contributed by atoms with Crippen molar-refractivity contribution in [2.45, 2.75) is 64.5 Å². The maximum atomic E-state index is 12.2. The van der Waals surface area contributed by atoms with Crippen molar-refractivity contribution in [1.82, 2.24) is 14.8 Å². The molecule has 3 fully saturated rings. The monoisotopic (exact) mass is 327 g/mol. The summed E-state index contributed by atoms with van der Waals surface area (Å²) in [5.41, 5.74) is 2.81. The van der Waals surface area contributed by atoms with Crippen LogP contribution in [-0.4, -0.2) is 46.4 Å². The van der Waals surface area contributed by atoms with Crippen molar-refractivity contribution < 1.29 is 4.79 Å². The van der Waals surface area contributed by atoms with Gasteiger partial charge in [0.1, 0.15) is 0 Å². The van der Waals surface area contributed by atoms with Crippen LogP contribution in [0.1, 0.15) is 56.7 Å². The Kier molecular flexibility index (Phi) is 4.33. The van der Waals surface area contributed by atoms with Gasteiger partial charge in [0.05, 0.1) is 5.69 Å². The summed E-state index contributed by atoms with van der Waals surface area (Å²) in [6.45, 7) is 6.40. The highest BCUT2D eigenvalue weighted by molar-refractivity contribution is 5.78. The molecule has 3 heterocycles. The van der Waals surface area contributed by atoms with Crippen LogP contribution in [0.15, 0.2) is 18.3 Å². The average Bonchev–Trinajstić information content (AvgIpc) is 3.43. The molecule has 1 saturated carbocycles. The molecule has 130 valence electrons. The number of nitrogens with zero attached hydrogens (tertiary/aromatic N) is 3. The van der Waals surface area contributed by atoms with E-state index in [0.717, 1.165) is 45.4 Å². The number of hydrogen-bond donors (Lipinski definition) is 0. The van der Waals surface area contributed by atoms with Gasteiger partial charge in [-0.1, -0.05) is 13.0 Å². The third kappa shape index (κ3) is 3.34. The van der Waals surface area contributed by atoms with Crippen molar-refractivity contribution >= 4 is 5.91 Å². The van der Waals surface area contributed by atoms with Crippen LogP contribution in [0.2, 0.25) is 0 Å². The van der Waals surface area contributed by atoms with E-state index in [9.17, 15) is 4.79 Å². The molecule has 1 unspecified atom stereocenters. The van der Waals surface area contributed by atoms with Gasteiger partial charge in [-0.25, -0.2) is 0 Å². The summed E-state index contributed by atoms with van der Waals surface area (Å²) in [4.78, 5) is 21.7. The Morgan fingerprint density at radius 2 is 2.12 bits per heavy atom. The van der Waals surface area contributed by atoms with Crippen LogP contribution in [0, 0.1) is 5.41 Å². The molecule has 2 aliphatic heterocycles. The molecule has 1 aliphatic carbocycles. The number of pyridine rings is 1. The van der Waals surface area contributed by atoms with Gasteiger partial charge in [0.2, 0.25) is 5.91 Å². The van der Waals surface area contributed by atoms with Gasteiger partial charge in [-0.2, -0.15) is 0 Å². The van der Waals surface area contributed by atoms with Gasteiger partial charge in [0.15, 0.2) is 0 Å². The molecule has 4 heteroatoms. The summed E-state index contributed by atoms with van der Waals surface area (Å²) in [6, 6.07) is 4.95. The van der Waals surface area contributed by atoms with E-state index in [1.54, 1.807) is 0 Å². The minimum Gasteiger partial charge on any atom is -0.339 e. The van der Waals surface area contributed by atoms with Crippen LogP contribution >= 0.6 is 0 Å². The summed E-state index contributed by atoms with van der Waals surface area (Å²) in [5.74, 6) is 0.400. The zero-order chi connectivity index (χ0) is 16.6. The summed E-state index contributed by atoms with van der Waals surface area (Å²) in [6.07, 6.45) is 9.87. The number of amides is 1. The molecule has 1 atom stereocenters. The Balaban J connectivity index is 1.42. The maximum absolute atomic E-state index is 12.2. The van der Waals surface area contributed by atoms with E-state index in [4.69, 9.17) is 0 Å². The van der Waals surface area contributed by atoms with E-state index in [-0.39, 0.29) is 0 Å². The third-order valence-electron chi connectivity index (χ3n) is 6.10. The standard InChI is InChI=1S/C20H29N3O/c1-2-16-4-5-17(21-12-16)13-22-11-3-9-20(14-22)10-8-19(24)23(15-20)18-6-7-18/h4-5,12,18H,2-3,6-11,13-15H2,1H3. The number of rotatable bonds is 4. The first-order valence-electron chi connectivity index (χ1n) is 9.63. The fourth-order valence-corrected chi connectivity index (χ4v) is 4.53. The molecule has 3 aliphatic rings. The van der Waals surface area contributed by atoms with Crippen molar-refractivity contribution in [2.75, 3.05) is 19.6 Å². The molecule has 4 nitrogen and oxygen atoms in total. The molecule has 2 saturated heterocycles. The second kappa shape index (κ2) is 6.47. The van der Waals surface area contributed by atoms with Crippen molar-refractivity contribution in [3.63, 3.8) is 0 Å². The predicted octanol–water partition coefficient (Wildman–Crippen LogP) is 3.01. The first-order valence-corrected chi connectivity index (χ1v) is 9.63. The Morgan fingerprint density at radius 1 is 1.25 bits per heavy atom. The quantitative estimate of drug-likeness (QED) is 0.853. The molecule has 4 rings (SSSR count). The zero-order valence-corrected chi connectivity index (χ0v) is 14.8. The van der Waals surface area contributed by atoms with E-state index < -0.39 is 0 Å². The minimum atomic E-state index is 0.331. The Hall–Kier alpha value is -1.42. The largest absolute Gasteiger partial charge is 0.339 e. The molecular formula is C20H29N3O. The lowest BCUT2D eigenvalue weighted by Gasteiger charge is -2.48. The van der Waals surface area contributed by atoms with E-state index in [1.165, 1.54) is 36.9 Å². The summed E-state index contributed by atoms with van der Waals surface area (Å²) in [5, 5.41) is 0. The van der Waals surface area contributed by atoms with Crippen LogP contribution in [0.4, 0.5) is 0 Å². The number of piperidine rings is 2. The first kappa shape index (κ1) is 16.1. The molecule has 0 bridgehead atoms. The molecule has 1 amide bonds. The second-order valence-corrected chi connectivity index (χ2v) is 8.08. The maximum Gasteiger partial charge on any atom is 0.222 e. The number of carbonyl (C=O) groups is 1. The van der Waals surface area contributed by atoms with Gasteiger partial charge in [-0.15, -0.1) is 0 Å². The van der Waals surface area contributed by atoms with Gasteiger partial charge in [-0.3, -0.25) is 14.7 Å². The number of carbonyl (C=O) groups excluding carboxylic acids is 1. The highest BCUT2D eigenvalue weighted by Crippen LogP contribution is 2.42. The first-order chi connectivity index (χ1) is 11.7. The van der Waals surface area contributed by atoms with Gasteiger partial charge in [0.25, 0.3) is 0 Å². The Bertz CT molecular complexity index is 595. The Morgan fingerprint density at radius 3 is 2.83 bits per heavy atom. The average molecular weight is 327 g/mol. The van der Waals surface area contributed by atoms with Gasteiger partial charge >= 0.3 is 0 Å².